The van der Waals surface area contributed by atoms with Crippen LogP contribution in [0.1, 0.15) is 42.2 Å². The monoisotopic (exact) mass is 393 g/mol. The highest BCUT2D eigenvalue weighted by Crippen LogP contribution is 2.25. The molecule has 1 amide bonds. The second-order valence-corrected chi connectivity index (χ2v) is 6.93. The van der Waals surface area contributed by atoms with Gasteiger partial charge in [-0.25, -0.2) is 13.9 Å². The second kappa shape index (κ2) is 8.08. The molecule has 1 aromatic heterocycles. The van der Waals surface area contributed by atoms with Crippen LogP contribution >= 0.6 is 11.6 Å². The van der Waals surface area contributed by atoms with E-state index in [1.807, 2.05) is 0 Å². The zero-order valence-electron chi connectivity index (χ0n) is 15.2. The smallest absolute Gasteiger partial charge is 0.344 e. The maximum atomic E-state index is 13.1. The molecule has 27 heavy (non-hydrogen) atoms. The lowest BCUT2D eigenvalue weighted by Crippen LogP contribution is -2.42. The van der Waals surface area contributed by atoms with Gasteiger partial charge in [-0.05, 0) is 57.4 Å². The lowest BCUT2D eigenvalue weighted by atomic mass is 10.1. The number of carbonyl (C=O) groups is 2. The van der Waals surface area contributed by atoms with Gasteiger partial charge in [0.15, 0.2) is 6.10 Å². The summed E-state index contributed by atoms with van der Waals surface area (Å²) in [5, 5.41) is 4.30. The van der Waals surface area contributed by atoms with Crippen LogP contribution in [0.25, 0.3) is 5.69 Å². The van der Waals surface area contributed by atoms with Gasteiger partial charge in [-0.3, -0.25) is 4.79 Å². The Kier molecular flexibility index (Phi) is 5.79. The molecule has 0 N–H and O–H groups in total. The van der Waals surface area contributed by atoms with Crippen molar-refractivity contribution in [2.45, 2.75) is 39.2 Å². The molecule has 6 nitrogen and oxygen atoms in total. The molecule has 1 aliphatic heterocycles. The zero-order valence-corrected chi connectivity index (χ0v) is 16.0. The van der Waals surface area contributed by atoms with Gasteiger partial charge in [-0.15, -0.1) is 0 Å². The minimum absolute atomic E-state index is 0.0572. The Morgan fingerprint density at radius 3 is 2.44 bits per heavy atom. The fourth-order valence-corrected chi connectivity index (χ4v) is 3.47. The molecule has 0 spiro atoms. The summed E-state index contributed by atoms with van der Waals surface area (Å²) in [6.07, 6.45) is 2.12. The van der Waals surface area contributed by atoms with E-state index in [9.17, 15) is 14.0 Å². The summed E-state index contributed by atoms with van der Waals surface area (Å²) in [6, 6.07) is 5.57. The van der Waals surface area contributed by atoms with E-state index in [-0.39, 0.29) is 22.4 Å². The molecule has 2 heterocycles. The number of esters is 1. The van der Waals surface area contributed by atoms with Crippen LogP contribution < -0.4 is 0 Å². The molecule has 144 valence electrons. The average molecular weight is 394 g/mol. The van der Waals surface area contributed by atoms with Gasteiger partial charge in [0, 0.05) is 13.1 Å². The fourth-order valence-electron chi connectivity index (χ4n) is 3.13. The quantitative estimate of drug-likeness (QED) is 0.745. The molecule has 0 radical (unpaired) electrons. The van der Waals surface area contributed by atoms with E-state index in [0.717, 1.165) is 19.3 Å². The van der Waals surface area contributed by atoms with E-state index >= 15 is 0 Å². The molecule has 1 saturated heterocycles. The van der Waals surface area contributed by atoms with Crippen molar-refractivity contribution in [1.82, 2.24) is 14.7 Å². The summed E-state index contributed by atoms with van der Waals surface area (Å²) >= 11 is 6.32. The molecule has 0 aliphatic carbocycles. The van der Waals surface area contributed by atoms with Crippen LogP contribution in [0.3, 0.4) is 0 Å². The average Bonchev–Trinajstić information content (AvgIpc) is 2.96. The number of halogens is 2. The summed E-state index contributed by atoms with van der Waals surface area (Å²) in [7, 11) is 0. The summed E-state index contributed by atoms with van der Waals surface area (Å²) in [4.78, 5) is 26.8. The molecule has 1 aromatic carbocycles. The molecule has 3 rings (SSSR count). The van der Waals surface area contributed by atoms with Crippen molar-refractivity contribution < 1.29 is 18.7 Å². The number of ether oxygens (including phenoxy) is 1. The van der Waals surface area contributed by atoms with Crippen LogP contribution in [0.2, 0.25) is 5.15 Å². The Labute approximate surface area is 161 Å². The minimum Gasteiger partial charge on any atom is -0.449 e. The summed E-state index contributed by atoms with van der Waals surface area (Å²) < 4.78 is 19.8. The van der Waals surface area contributed by atoms with Gasteiger partial charge in [0.2, 0.25) is 0 Å². The number of rotatable bonds is 4. The van der Waals surface area contributed by atoms with E-state index in [4.69, 9.17) is 16.3 Å². The predicted octanol–water partition coefficient (Wildman–Crippen LogP) is 3.53. The second-order valence-electron chi connectivity index (χ2n) is 6.57. The topological polar surface area (TPSA) is 64.4 Å². The first-order valence-corrected chi connectivity index (χ1v) is 9.27. The maximum Gasteiger partial charge on any atom is 0.344 e. The van der Waals surface area contributed by atoms with E-state index in [1.165, 1.54) is 28.9 Å². The number of likely N-dealkylation sites (tertiary alicyclic amines) is 1. The van der Waals surface area contributed by atoms with E-state index < -0.39 is 12.1 Å². The number of nitrogens with zero attached hydrogens (tertiary/aromatic N) is 3. The Balaban J connectivity index is 1.76. The van der Waals surface area contributed by atoms with Crippen molar-refractivity contribution in [2.75, 3.05) is 13.1 Å². The molecule has 2 aromatic rings. The van der Waals surface area contributed by atoms with Crippen molar-refractivity contribution in [3.05, 3.63) is 46.5 Å². The first kappa shape index (κ1) is 19.4. The lowest BCUT2D eigenvalue weighted by molar-refractivity contribution is -0.140. The molecule has 8 heteroatoms. The van der Waals surface area contributed by atoms with Crippen molar-refractivity contribution in [2.24, 2.45) is 0 Å². The molecular weight excluding hydrogens is 373 g/mol. The molecule has 0 saturated carbocycles. The van der Waals surface area contributed by atoms with Gasteiger partial charge in [0.1, 0.15) is 16.5 Å². The highest BCUT2D eigenvalue weighted by atomic mass is 35.5. The van der Waals surface area contributed by atoms with Gasteiger partial charge in [0.05, 0.1) is 11.4 Å². The van der Waals surface area contributed by atoms with E-state index in [0.29, 0.717) is 24.5 Å². The van der Waals surface area contributed by atoms with Crippen LogP contribution in [0, 0.1) is 12.7 Å². The SMILES string of the molecule is Cc1nn(-c2ccc(F)cc2)c(Cl)c1C(=O)O[C@@H](C)C(=O)N1CCCCC1. The molecule has 1 aliphatic rings. The predicted molar refractivity (Wildman–Crippen MR) is 98.6 cm³/mol. The number of piperidine rings is 1. The lowest BCUT2D eigenvalue weighted by Gasteiger charge is -2.28. The highest BCUT2D eigenvalue weighted by Gasteiger charge is 2.29. The van der Waals surface area contributed by atoms with Gasteiger partial charge in [-0.1, -0.05) is 11.6 Å². The maximum absolute atomic E-state index is 13.1. The van der Waals surface area contributed by atoms with Crippen LogP contribution in [0.15, 0.2) is 24.3 Å². The first-order valence-electron chi connectivity index (χ1n) is 8.89. The number of aromatic nitrogens is 2. The van der Waals surface area contributed by atoms with Crippen molar-refractivity contribution in [1.29, 1.82) is 0 Å². The van der Waals surface area contributed by atoms with Crippen molar-refractivity contribution in [3.8, 4) is 5.69 Å². The Bertz CT molecular complexity index is 845. The molecule has 1 fully saturated rings. The van der Waals surface area contributed by atoms with Gasteiger partial charge < -0.3 is 9.64 Å². The summed E-state index contributed by atoms with van der Waals surface area (Å²) in [6.45, 7) is 4.55. The number of benzene rings is 1. The summed E-state index contributed by atoms with van der Waals surface area (Å²) in [5.41, 5.74) is 0.979. The minimum atomic E-state index is -0.903. The largest absolute Gasteiger partial charge is 0.449 e. The fraction of sp³-hybridized carbons (Fsp3) is 0.421. The third-order valence-corrected chi connectivity index (χ3v) is 4.93. The third kappa shape index (κ3) is 4.13. The third-order valence-electron chi connectivity index (χ3n) is 4.58. The summed E-state index contributed by atoms with van der Waals surface area (Å²) in [5.74, 6) is -1.30. The zero-order chi connectivity index (χ0) is 19.6. The number of amides is 1. The number of aryl methyl sites for hydroxylation is 1. The highest BCUT2D eigenvalue weighted by molar-refractivity contribution is 6.33. The molecule has 1 atom stereocenters. The Morgan fingerprint density at radius 2 is 1.81 bits per heavy atom. The first-order chi connectivity index (χ1) is 12.9. The van der Waals surface area contributed by atoms with Gasteiger partial charge in [0.25, 0.3) is 5.91 Å². The van der Waals surface area contributed by atoms with Crippen LogP contribution in [0.5, 0.6) is 0 Å². The normalized spacial score (nSPS) is 15.5. The van der Waals surface area contributed by atoms with E-state index in [1.54, 1.807) is 18.7 Å². The van der Waals surface area contributed by atoms with E-state index in [2.05, 4.69) is 5.10 Å². The van der Waals surface area contributed by atoms with Crippen molar-refractivity contribution >= 4 is 23.5 Å². The van der Waals surface area contributed by atoms with Crippen molar-refractivity contribution in [3.63, 3.8) is 0 Å². The Hall–Kier alpha value is -2.41. The molecule has 0 unspecified atom stereocenters. The van der Waals surface area contributed by atoms with Crippen LogP contribution in [0.4, 0.5) is 4.39 Å². The number of hydrogen-bond acceptors (Lipinski definition) is 4. The Morgan fingerprint density at radius 1 is 1.19 bits per heavy atom. The van der Waals surface area contributed by atoms with Gasteiger partial charge >= 0.3 is 5.97 Å². The number of carbonyl (C=O) groups excluding carboxylic acids is 2. The van der Waals surface area contributed by atoms with Crippen LogP contribution in [-0.2, 0) is 9.53 Å². The molecular formula is C19H21ClFN3O3. The van der Waals surface area contributed by atoms with Gasteiger partial charge in [-0.2, -0.15) is 5.10 Å². The standard InChI is InChI=1S/C19H21ClFN3O3/c1-12-16(17(20)24(22-12)15-8-6-14(21)7-9-15)19(26)27-13(2)18(25)23-10-4-3-5-11-23/h6-9,13H,3-5,10-11H2,1-2H3/t13-/m0/s1. The number of hydrogen-bond donors (Lipinski definition) is 0. The molecule has 0 bridgehead atoms. The van der Waals surface area contributed by atoms with Crippen LogP contribution in [-0.4, -0.2) is 45.8 Å².